The number of benzene rings is 2. The topological polar surface area (TPSA) is 44.8 Å². The van der Waals surface area contributed by atoms with Gasteiger partial charge < -0.3 is 19.9 Å². The van der Waals surface area contributed by atoms with Crippen LogP contribution in [0.3, 0.4) is 0 Å². The Labute approximate surface area is 155 Å². The number of rotatable bonds is 5. The zero-order chi connectivity index (χ0) is 18.5. The van der Waals surface area contributed by atoms with Gasteiger partial charge in [0.2, 0.25) is 0 Å². The minimum atomic E-state index is -0.147. The number of hydrogen-bond donors (Lipinski definition) is 1. The third-order valence-electron chi connectivity index (χ3n) is 4.71. The SMILES string of the molecule is Cc1ccc(OCC(=O)Nc2ccccc2N2CCN(C)CC2)c(C)c1. The summed E-state index contributed by atoms with van der Waals surface area (Å²) >= 11 is 0. The third-order valence-corrected chi connectivity index (χ3v) is 4.71. The molecule has 1 N–H and O–H groups in total. The molecular formula is C21H27N3O2. The quantitative estimate of drug-likeness (QED) is 0.897. The van der Waals surface area contributed by atoms with Gasteiger partial charge in [0.25, 0.3) is 5.91 Å². The number of amides is 1. The van der Waals surface area contributed by atoms with E-state index >= 15 is 0 Å². The average molecular weight is 353 g/mol. The van der Waals surface area contributed by atoms with Gasteiger partial charge in [-0.15, -0.1) is 0 Å². The van der Waals surface area contributed by atoms with E-state index < -0.39 is 0 Å². The molecule has 2 aromatic carbocycles. The van der Waals surface area contributed by atoms with Crippen molar-refractivity contribution in [2.75, 3.05) is 50.1 Å². The molecule has 0 bridgehead atoms. The third kappa shape index (κ3) is 4.55. The van der Waals surface area contributed by atoms with E-state index in [0.29, 0.717) is 0 Å². The first kappa shape index (κ1) is 18.3. The lowest BCUT2D eigenvalue weighted by Crippen LogP contribution is -2.44. The molecule has 1 aliphatic heterocycles. The van der Waals surface area contributed by atoms with Gasteiger partial charge in [0.15, 0.2) is 6.61 Å². The minimum absolute atomic E-state index is 0.000965. The summed E-state index contributed by atoms with van der Waals surface area (Å²) in [5.74, 6) is 0.602. The number of anilines is 2. The number of carbonyl (C=O) groups is 1. The molecule has 0 unspecified atom stereocenters. The average Bonchev–Trinajstić information content (AvgIpc) is 2.62. The molecule has 0 aliphatic carbocycles. The highest BCUT2D eigenvalue weighted by Gasteiger charge is 2.17. The van der Waals surface area contributed by atoms with Crippen molar-refractivity contribution in [2.24, 2.45) is 0 Å². The van der Waals surface area contributed by atoms with Crippen molar-refractivity contribution in [1.82, 2.24) is 4.90 Å². The lowest BCUT2D eigenvalue weighted by atomic mass is 10.1. The fraction of sp³-hybridized carbons (Fsp3) is 0.381. The molecule has 2 aromatic rings. The molecule has 0 radical (unpaired) electrons. The summed E-state index contributed by atoms with van der Waals surface area (Å²) in [5, 5.41) is 3.00. The van der Waals surface area contributed by atoms with Crippen LogP contribution in [0.15, 0.2) is 42.5 Å². The predicted molar refractivity (Wildman–Crippen MR) is 106 cm³/mol. The maximum Gasteiger partial charge on any atom is 0.262 e. The summed E-state index contributed by atoms with van der Waals surface area (Å²) < 4.78 is 5.69. The first-order valence-electron chi connectivity index (χ1n) is 9.05. The number of nitrogens with one attached hydrogen (secondary N) is 1. The molecule has 0 saturated carbocycles. The molecule has 0 atom stereocenters. The Balaban J connectivity index is 1.62. The van der Waals surface area contributed by atoms with Crippen LogP contribution in [0, 0.1) is 13.8 Å². The predicted octanol–water partition coefficient (Wildman–Crippen LogP) is 3.07. The number of hydrogen-bond acceptors (Lipinski definition) is 4. The molecule has 1 fully saturated rings. The largest absolute Gasteiger partial charge is 0.483 e. The lowest BCUT2D eigenvalue weighted by Gasteiger charge is -2.35. The molecule has 3 rings (SSSR count). The molecule has 138 valence electrons. The molecule has 26 heavy (non-hydrogen) atoms. The standard InChI is InChI=1S/C21H27N3O2/c1-16-8-9-20(17(2)14-16)26-15-21(25)22-18-6-4-5-7-19(18)24-12-10-23(3)11-13-24/h4-9,14H,10-13,15H2,1-3H3,(H,22,25). The number of para-hydroxylation sites is 2. The monoisotopic (exact) mass is 353 g/mol. The van der Waals surface area contributed by atoms with Gasteiger partial charge in [-0.05, 0) is 44.7 Å². The van der Waals surface area contributed by atoms with E-state index in [4.69, 9.17) is 4.74 Å². The molecule has 1 heterocycles. The van der Waals surface area contributed by atoms with Crippen molar-refractivity contribution in [2.45, 2.75) is 13.8 Å². The van der Waals surface area contributed by atoms with Crippen molar-refractivity contribution >= 4 is 17.3 Å². The molecular weight excluding hydrogens is 326 g/mol. The van der Waals surface area contributed by atoms with E-state index in [-0.39, 0.29) is 12.5 Å². The summed E-state index contributed by atoms with van der Waals surface area (Å²) in [6, 6.07) is 13.9. The van der Waals surface area contributed by atoms with Crippen LogP contribution in [0.1, 0.15) is 11.1 Å². The molecule has 5 nitrogen and oxygen atoms in total. The Morgan fingerprint density at radius 3 is 2.54 bits per heavy atom. The summed E-state index contributed by atoms with van der Waals surface area (Å²) in [5.41, 5.74) is 4.13. The van der Waals surface area contributed by atoms with Crippen molar-refractivity contribution in [3.8, 4) is 5.75 Å². The maximum atomic E-state index is 12.4. The highest BCUT2D eigenvalue weighted by Crippen LogP contribution is 2.26. The van der Waals surface area contributed by atoms with Gasteiger partial charge in [0.05, 0.1) is 11.4 Å². The van der Waals surface area contributed by atoms with E-state index in [0.717, 1.165) is 48.9 Å². The molecule has 0 aromatic heterocycles. The second-order valence-electron chi connectivity index (χ2n) is 6.91. The van der Waals surface area contributed by atoms with Gasteiger partial charge in [-0.1, -0.05) is 29.8 Å². The van der Waals surface area contributed by atoms with Crippen LogP contribution < -0.4 is 15.0 Å². The summed E-state index contributed by atoms with van der Waals surface area (Å²) in [7, 11) is 2.13. The lowest BCUT2D eigenvalue weighted by molar-refractivity contribution is -0.118. The number of nitrogens with zero attached hydrogens (tertiary/aromatic N) is 2. The van der Waals surface area contributed by atoms with Crippen molar-refractivity contribution in [3.05, 3.63) is 53.6 Å². The van der Waals surface area contributed by atoms with Gasteiger partial charge in [0.1, 0.15) is 5.75 Å². The maximum absolute atomic E-state index is 12.4. The van der Waals surface area contributed by atoms with Crippen LogP contribution in [0.2, 0.25) is 0 Å². The molecule has 1 amide bonds. The number of ether oxygens (including phenoxy) is 1. The summed E-state index contributed by atoms with van der Waals surface area (Å²) in [6.07, 6.45) is 0. The summed E-state index contributed by atoms with van der Waals surface area (Å²) in [4.78, 5) is 17.0. The first-order valence-corrected chi connectivity index (χ1v) is 9.05. The van der Waals surface area contributed by atoms with E-state index in [1.807, 2.05) is 44.2 Å². The second kappa shape index (κ2) is 8.23. The molecule has 5 heteroatoms. The number of carbonyl (C=O) groups excluding carboxylic acids is 1. The molecule has 1 aliphatic rings. The van der Waals surface area contributed by atoms with E-state index in [1.54, 1.807) is 0 Å². The number of likely N-dealkylation sites (N-methyl/N-ethyl adjacent to an activating group) is 1. The zero-order valence-electron chi connectivity index (χ0n) is 15.8. The minimum Gasteiger partial charge on any atom is -0.483 e. The zero-order valence-corrected chi connectivity index (χ0v) is 15.8. The van der Waals surface area contributed by atoms with Crippen LogP contribution in [-0.2, 0) is 4.79 Å². The van der Waals surface area contributed by atoms with E-state index in [2.05, 4.69) is 34.3 Å². The van der Waals surface area contributed by atoms with Crippen LogP contribution >= 0.6 is 0 Å². The van der Waals surface area contributed by atoms with Gasteiger partial charge >= 0.3 is 0 Å². The number of aryl methyl sites for hydroxylation is 2. The molecule has 1 saturated heterocycles. The van der Waals surface area contributed by atoms with Gasteiger partial charge in [-0.3, -0.25) is 4.79 Å². The fourth-order valence-corrected chi connectivity index (χ4v) is 3.19. The van der Waals surface area contributed by atoms with Crippen LogP contribution in [-0.4, -0.2) is 50.6 Å². The summed E-state index contributed by atoms with van der Waals surface area (Å²) in [6.45, 7) is 8.00. The smallest absolute Gasteiger partial charge is 0.262 e. The highest BCUT2D eigenvalue weighted by molar-refractivity contribution is 5.95. The highest BCUT2D eigenvalue weighted by atomic mass is 16.5. The van der Waals surface area contributed by atoms with Crippen LogP contribution in [0.4, 0.5) is 11.4 Å². The fourth-order valence-electron chi connectivity index (χ4n) is 3.19. The second-order valence-corrected chi connectivity index (χ2v) is 6.91. The Morgan fingerprint density at radius 1 is 1.08 bits per heavy atom. The van der Waals surface area contributed by atoms with Gasteiger partial charge in [-0.25, -0.2) is 0 Å². The number of piperazine rings is 1. The van der Waals surface area contributed by atoms with Gasteiger partial charge in [0, 0.05) is 26.2 Å². The van der Waals surface area contributed by atoms with Crippen LogP contribution in [0.5, 0.6) is 5.75 Å². The van der Waals surface area contributed by atoms with Crippen molar-refractivity contribution in [3.63, 3.8) is 0 Å². The Kier molecular flexibility index (Phi) is 5.78. The van der Waals surface area contributed by atoms with Crippen molar-refractivity contribution in [1.29, 1.82) is 0 Å². The van der Waals surface area contributed by atoms with E-state index in [9.17, 15) is 4.79 Å². The Bertz CT molecular complexity index is 768. The normalized spacial score (nSPS) is 15.0. The molecule has 0 spiro atoms. The van der Waals surface area contributed by atoms with E-state index in [1.165, 1.54) is 5.56 Å². The first-order chi connectivity index (χ1) is 12.5. The van der Waals surface area contributed by atoms with Gasteiger partial charge in [-0.2, -0.15) is 0 Å². The Morgan fingerprint density at radius 2 is 1.81 bits per heavy atom. The van der Waals surface area contributed by atoms with Crippen LogP contribution in [0.25, 0.3) is 0 Å². The Hall–Kier alpha value is -2.53. The van der Waals surface area contributed by atoms with Crippen molar-refractivity contribution < 1.29 is 9.53 Å².